The summed E-state index contributed by atoms with van der Waals surface area (Å²) in [5.74, 6) is -0.350. The summed E-state index contributed by atoms with van der Waals surface area (Å²) in [6.45, 7) is 2.78. The van der Waals surface area contributed by atoms with Crippen molar-refractivity contribution in [3.8, 4) is 0 Å². The molecule has 4 heteroatoms. The Kier molecular flexibility index (Phi) is 4.71. The quantitative estimate of drug-likeness (QED) is 0.461. The van der Waals surface area contributed by atoms with Gasteiger partial charge in [0, 0.05) is 41.7 Å². The van der Waals surface area contributed by atoms with Crippen LogP contribution in [0.1, 0.15) is 18.9 Å². The number of hydrogen-bond donors (Lipinski definition) is 0. The topological polar surface area (TPSA) is 48.3 Å². The number of benzene rings is 1. The fourth-order valence-electron chi connectivity index (χ4n) is 2.13. The fourth-order valence-corrected chi connectivity index (χ4v) is 2.13. The average molecular weight is 271 g/mol. The van der Waals surface area contributed by atoms with Crippen molar-refractivity contribution in [3.63, 3.8) is 0 Å². The number of carbonyl (C=O) groups excluding carboxylic acids is 2. The number of aldehydes is 1. The monoisotopic (exact) mass is 271 g/mol. The molecule has 0 atom stereocenters. The van der Waals surface area contributed by atoms with Crippen LogP contribution in [0.5, 0.6) is 0 Å². The lowest BCUT2D eigenvalue weighted by Crippen LogP contribution is -1.98. The van der Waals surface area contributed by atoms with Crippen LogP contribution in [-0.4, -0.2) is 23.4 Å². The van der Waals surface area contributed by atoms with Crippen molar-refractivity contribution in [1.82, 2.24) is 4.57 Å². The molecule has 0 aliphatic rings. The van der Waals surface area contributed by atoms with Crippen molar-refractivity contribution >= 4 is 29.2 Å². The number of aryl methyl sites for hydroxylation is 1. The van der Waals surface area contributed by atoms with Gasteiger partial charge in [0.25, 0.3) is 0 Å². The first-order chi connectivity index (χ1) is 9.76. The maximum Gasteiger partial charge on any atom is 0.330 e. The number of rotatable bonds is 6. The molecule has 2 rings (SSSR count). The van der Waals surface area contributed by atoms with Crippen molar-refractivity contribution in [2.45, 2.75) is 19.9 Å². The molecule has 0 amide bonds. The zero-order chi connectivity index (χ0) is 14.4. The highest BCUT2D eigenvalue weighted by atomic mass is 16.5. The number of ether oxygens (including phenoxy) is 1. The predicted octanol–water partition coefficient (Wildman–Crippen LogP) is 2.81. The van der Waals surface area contributed by atoms with E-state index in [2.05, 4.69) is 0 Å². The van der Waals surface area contributed by atoms with Crippen molar-refractivity contribution in [3.05, 3.63) is 42.1 Å². The van der Waals surface area contributed by atoms with Crippen LogP contribution in [0.3, 0.4) is 0 Å². The largest absolute Gasteiger partial charge is 0.463 e. The van der Waals surface area contributed by atoms with Crippen molar-refractivity contribution in [2.75, 3.05) is 6.61 Å². The highest BCUT2D eigenvalue weighted by Gasteiger charge is 2.06. The first kappa shape index (κ1) is 14.1. The van der Waals surface area contributed by atoms with E-state index >= 15 is 0 Å². The van der Waals surface area contributed by atoms with E-state index in [1.807, 2.05) is 35.0 Å². The van der Waals surface area contributed by atoms with E-state index in [4.69, 9.17) is 4.74 Å². The van der Waals surface area contributed by atoms with Gasteiger partial charge in [-0.2, -0.15) is 0 Å². The van der Waals surface area contributed by atoms with E-state index in [0.717, 1.165) is 22.8 Å². The molecule has 0 saturated carbocycles. The number of para-hydroxylation sites is 1. The van der Waals surface area contributed by atoms with Gasteiger partial charge in [0.2, 0.25) is 0 Å². The van der Waals surface area contributed by atoms with E-state index in [1.165, 1.54) is 6.08 Å². The lowest BCUT2D eigenvalue weighted by molar-refractivity contribution is -0.137. The fraction of sp³-hybridized carbons (Fsp3) is 0.250. The minimum Gasteiger partial charge on any atom is -0.463 e. The summed E-state index contributed by atoms with van der Waals surface area (Å²) in [5, 5.41) is 1.05. The summed E-state index contributed by atoms with van der Waals surface area (Å²) >= 11 is 0. The van der Waals surface area contributed by atoms with Crippen LogP contribution in [0.25, 0.3) is 17.0 Å². The van der Waals surface area contributed by atoms with Crippen LogP contribution in [0, 0.1) is 0 Å². The van der Waals surface area contributed by atoms with E-state index in [-0.39, 0.29) is 5.97 Å². The lowest BCUT2D eigenvalue weighted by Gasteiger charge is -2.00. The molecule has 0 fully saturated rings. The smallest absolute Gasteiger partial charge is 0.330 e. The Labute approximate surface area is 117 Å². The molecule has 0 saturated heterocycles. The van der Waals surface area contributed by atoms with Gasteiger partial charge in [-0.25, -0.2) is 4.79 Å². The normalized spacial score (nSPS) is 11.1. The maximum absolute atomic E-state index is 11.4. The summed E-state index contributed by atoms with van der Waals surface area (Å²) in [7, 11) is 0. The summed E-state index contributed by atoms with van der Waals surface area (Å²) in [4.78, 5) is 21.9. The highest BCUT2D eigenvalue weighted by molar-refractivity contribution is 5.94. The Balaban J connectivity index is 2.33. The number of hydrogen-bond acceptors (Lipinski definition) is 3. The first-order valence-electron chi connectivity index (χ1n) is 6.62. The van der Waals surface area contributed by atoms with Gasteiger partial charge >= 0.3 is 5.97 Å². The van der Waals surface area contributed by atoms with E-state index < -0.39 is 0 Å². The Morgan fingerprint density at radius 1 is 1.35 bits per heavy atom. The second kappa shape index (κ2) is 6.70. The zero-order valence-corrected chi connectivity index (χ0v) is 11.4. The molecule has 104 valence electrons. The number of carbonyl (C=O) groups is 2. The number of fused-ring (bicyclic) bond motifs is 1. The molecular weight excluding hydrogens is 254 g/mol. The second-order valence-electron chi connectivity index (χ2n) is 4.34. The Bertz CT molecular complexity index is 640. The van der Waals surface area contributed by atoms with Crippen molar-refractivity contribution in [2.24, 2.45) is 0 Å². The van der Waals surface area contributed by atoms with Crippen LogP contribution in [0.2, 0.25) is 0 Å². The Morgan fingerprint density at radius 3 is 2.90 bits per heavy atom. The van der Waals surface area contributed by atoms with Crippen LogP contribution >= 0.6 is 0 Å². The minimum atomic E-state index is -0.350. The molecule has 0 radical (unpaired) electrons. The van der Waals surface area contributed by atoms with Gasteiger partial charge in [-0.3, -0.25) is 0 Å². The van der Waals surface area contributed by atoms with Gasteiger partial charge in [-0.05, 0) is 19.1 Å². The molecule has 0 bridgehead atoms. The Hall–Kier alpha value is -2.36. The molecule has 4 nitrogen and oxygen atoms in total. The number of esters is 1. The molecular formula is C16H17NO3. The summed E-state index contributed by atoms with van der Waals surface area (Å²) in [5.41, 5.74) is 2.00. The number of nitrogens with zero attached hydrogens (tertiary/aromatic N) is 1. The summed E-state index contributed by atoms with van der Waals surface area (Å²) < 4.78 is 6.89. The molecule has 0 unspecified atom stereocenters. The second-order valence-corrected chi connectivity index (χ2v) is 4.34. The molecule has 0 spiro atoms. The van der Waals surface area contributed by atoms with Gasteiger partial charge < -0.3 is 14.1 Å². The molecule has 0 N–H and O–H groups in total. The minimum absolute atomic E-state index is 0.350. The zero-order valence-electron chi connectivity index (χ0n) is 11.4. The van der Waals surface area contributed by atoms with Crippen LogP contribution in [-0.2, 0) is 20.9 Å². The molecule has 0 aliphatic heterocycles. The highest BCUT2D eigenvalue weighted by Crippen LogP contribution is 2.22. The standard InChI is InChI=1S/C16H17NO3/c1-2-20-16(19)9-8-13-12-17(10-5-11-18)15-7-4-3-6-14(13)15/h3-4,6-9,11-12H,2,5,10H2,1H3/b9-8+. The molecule has 2 aromatic rings. The predicted molar refractivity (Wildman–Crippen MR) is 78.3 cm³/mol. The summed E-state index contributed by atoms with van der Waals surface area (Å²) in [6, 6.07) is 7.91. The van der Waals surface area contributed by atoms with Gasteiger partial charge in [0.15, 0.2) is 0 Å². The maximum atomic E-state index is 11.4. The van der Waals surface area contributed by atoms with Crippen LogP contribution in [0.4, 0.5) is 0 Å². The van der Waals surface area contributed by atoms with Crippen LogP contribution < -0.4 is 0 Å². The van der Waals surface area contributed by atoms with Gasteiger partial charge in [0.1, 0.15) is 6.29 Å². The van der Waals surface area contributed by atoms with Crippen molar-refractivity contribution in [1.29, 1.82) is 0 Å². The SMILES string of the molecule is CCOC(=O)/C=C/c1cn(CCC=O)c2ccccc12. The molecule has 1 aromatic heterocycles. The molecule has 1 heterocycles. The summed E-state index contributed by atoms with van der Waals surface area (Å²) in [6.07, 6.45) is 6.50. The lowest BCUT2D eigenvalue weighted by atomic mass is 10.1. The first-order valence-corrected chi connectivity index (χ1v) is 6.62. The van der Waals surface area contributed by atoms with E-state index in [0.29, 0.717) is 19.6 Å². The van der Waals surface area contributed by atoms with E-state index in [1.54, 1.807) is 13.0 Å². The third-order valence-electron chi connectivity index (χ3n) is 2.99. The third-order valence-corrected chi connectivity index (χ3v) is 2.99. The molecule has 20 heavy (non-hydrogen) atoms. The molecule has 0 aliphatic carbocycles. The van der Waals surface area contributed by atoms with Crippen molar-refractivity contribution < 1.29 is 14.3 Å². The van der Waals surface area contributed by atoms with Gasteiger partial charge in [-0.1, -0.05) is 18.2 Å². The van der Waals surface area contributed by atoms with E-state index in [9.17, 15) is 9.59 Å². The van der Waals surface area contributed by atoms with Gasteiger partial charge in [0.05, 0.1) is 6.61 Å². The Morgan fingerprint density at radius 2 is 2.15 bits per heavy atom. The third kappa shape index (κ3) is 3.15. The van der Waals surface area contributed by atoms with Crippen LogP contribution in [0.15, 0.2) is 36.5 Å². The molecule has 1 aromatic carbocycles. The average Bonchev–Trinajstić information content (AvgIpc) is 2.82. The van der Waals surface area contributed by atoms with Gasteiger partial charge in [-0.15, -0.1) is 0 Å². The number of aromatic nitrogens is 1.